The second-order valence-electron chi connectivity index (χ2n) is 7.26. The lowest BCUT2D eigenvalue weighted by Crippen LogP contribution is -2.33. The van der Waals surface area contributed by atoms with Crippen LogP contribution in [-0.4, -0.2) is 58.3 Å². The largest absolute Gasteiger partial charge is 0.493 e. The smallest absolute Gasteiger partial charge is 0.414 e. The second-order valence-corrected chi connectivity index (χ2v) is 7.26. The van der Waals surface area contributed by atoms with Gasteiger partial charge in [-0.15, -0.1) is 0 Å². The third-order valence-electron chi connectivity index (χ3n) is 5.03. The lowest BCUT2D eigenvalue weighted by Gasteiger charge is -2.13. The van der Waals surface area contributed by atoms with E-state index in [9.17, 15) is 14.4 Å². The van der Waals surface area contributed by atoms with Gasteiger partial charge in [-0.3, -0.25) is 14.5 Å². The predicted octanol–water partition coefficient (Wildman–Crippen LogP) is 3.07. The van der Waals surface area contributed by atoms with Crippen molar-refractivity contribution < 1.29 is 33.3 Å². The van der Waals surface area contributed by atoms with Crippen LogP contribution in [0.15, 0.2) is 42.5 Å². The Morgan fingerprint density at radius 3 is 2.27 bits per heavy atom. The summed E-state index contributed by atoms with van der Waals surface area (Å²) >= 11 is 0. The van der Waals surface area contributed by atoms with Crippen LogP contribution in [0.25, 0.3) is 6.08 Å². The van der Waals surface area contributed by atoms with Crippen LogP contribution in [0.5, 0.6) is 17.2 Å². The monoisotopic (exact) mass is 454 g/mol. The van der Waals surface area contributed by atoms with E-state index < -0.39 is 12.2 Å². The summed E-state index contributed by atoms with van der Waals surface area (Å²) in [5.74, 6) is 1.05. The summed E-state index contributed by atoms with van der Waals surface area (Å²) in [4.78, 5) is 37.3. The number of nitrogens with zero attached hydrogens (tertiary/aromatic N) is 1. The van der Waals surface area contributed by atoms with Gasteiger partial charge in [0.2, 0.25) is 11.7 Å². The van der Waals surface area contributed by atoms with E-state index in [0.29, 0.717) is 40.6 Å². The highest BCUT2D eigenvalue weighted by atomic mass is 16.6. The van der Waals surface area contributed by atoms with Gasteiger partial charge >= 0.3 is 6.09 Å². The van der Waals surface area contributed by atoms with Crippen LogP contribution < -0.4 is 24.4 Å². The number of anilines is 1. The molecule has 0 aliphatic carbocycles. The van der Waals surface area contributed by atoms with Crippen LogP contribution in [-0.2, 0) is 9.53 Å². The Hall–Kier alpha value is -4.01. The van der Waals surface area contributed by atoms with Crippen molar-refractivity contribution in [2.75, 3.05) is 39.3 Å². The van der Waals surface area contributed by atoms with Crippen molar-refractivity contribution in [3.05, 3.63) is 53.6 Å². The van der Waals surface area contributed by atoms with E-state index in [1.54, 1.807) is 42.5 Å². The highest BCUT2D eigenvalue weighted by Crippen LogP contribution is 2.38. The molecule has 1 saturated heterocycles. The molecule has 3 rings (SSSR count). The maximum absolute atomic E-state index is 12.6. The number of allylic oxidation sites excluding steroid dienone is 1. The molecule has 0 saturated carbocycles. The normalized spacial score (nSPS) is 15.3. The molecule has 1 heterocycles. The van der Waals surface area contributed by atoms with Gasteiger partial charge in [0.15, 0.2) is 17.3 Å². The van der Waals surface area contributed by atoms with E-state index in [0.717, 1.165) is 0 Å². The number of hydrogen-bond acceptors (Lipinski definition) is 7. The molecule has 0 unspecified atom stereocenters. The van der Waals surface area contributed by atoms with Crippen molar-refractivity contribution in [1.29, 1.82) is 0 Å². The third-order valence-corrected chi connectivity index (χ3v) is 5.03. The van der Waals surface area contributed by atoms with Crippen molar-refractivity contribution in [2.24, 2.45) is 0 Å². The van der Waals surface area contributed by atoms with E-state index >= 15 is 0 Å². The average molecular weight is 454 g/mol. The molecule has 2 aromatic rings. The fraction of sp³-hybridized carbons (Fsp3) is 0.292. The van der Waals surface area contributed by atoms with Crippen molar-refractivity contribution in [1.82, 2.24) is 5.32 Å². The average Bonchev–Trinajstić information content (AvgIpc) is 3.20. The number of ether oxygens (including phenoxy) is 4. The van der Waals surface area contributed by atoms with Gasteiger partial charge in [-0.2, -0.15) is 0 Å². The van der Waals surface area contributed by atoms with Crippen molar-refractivity contribution >= 4 is 29.5 Å². The minimum absolute atomic E-state index is 0.188. The van der Waals surface area contributed by atoms with Crippen LogP contribution in [0.2, 0.25) is 0 Å². The van der Waals surface area contributed by atoms with Gasteiger partial charge in [0.05, 0.1) is 34.4 Å². The van der Waals surface area contributed by atoms with Gasteiger partial charge in [-0.1, -0.05) is 6.08 Å². The second kappa shape index (κ2) is 10.5. The Labute approximate surface area is 191 Å². The molecular formula is C24H26N2O7. The number of hydrogen-bond donors (Lipinski definition) is 1. The molecule has 2 amide bonds. The van der Waals surface area contributed by atoms with Gasteiger partial charge in [-0.05, 0) is 48.0 Å². The molecule has 33 heavy (non-hydrogen) atoms. The molecule has 1 aliphatic rings. The fourth-order valence-electron chi connectivity index (χ4n) is 3.37. The van der Waals surface area contributed by atoms with Gasteiger partial charge < -0.3 is 24.3 Å². The molecule has 2 aromatic carbocycles. The number of carbonyl (C=O) groups excluding carboxylic acids is 3. The fourth-order valence-corrected chi connectivity index (χ4v) is 3.37. The van der Waals surface area contributed by atoms with Crippen LogP contribution >= 0.6 is 0 Å². The number of methoxy groups -OCH3 is 3. The van der Waals surface area contributed by atoms with E-state index in [-0.39, 0.29) is 18.2 Å². The van der Waals surface area contributed by atoms with E-state index in [1.165, 1.54) is 39.2 Å². The molecule has 1 fully saturated rings. The maximum Gasteiger partial charge on any atom is 0.414 e. The van der Waals surface area contributed by atoms with Gasteiger partial charge in [-0.25, -0.2) is 4.79 Å². The topological polar surface area (TPSA) is 103 Å². The highest BCUT2D eigenvalue weighted by molar-refractivity contribution is 6.07. The molecule has 0 spiro atoms. The summed E-state index contributed by atoms with van der Waals surface area (Å²) < 4.78 is 21.2. The van der Waals surface area contributed by atoms with Crippen LogP contribution in [0, 0.1) is 0 Å². The number of carbonyl (C=O) groups is 3. The van der Waals surface area contributed by atoms with Crippen LogP contribution in [0.4, 0.5) is 10.5 Å². The number of benzene rings is 2. The number of rotatable bonds is 9. The van der Waals surface area contributed by atoms with E-state index in [2.05, 4.69) is 5.32 Å². The SMILES string of the molecule is COc1cc(/C=C/C(=O)c2ccc(N3C[C@H](CNC(C)=O)OC3=O)cc2)cc(OC)c1OC. The zero-order chi connectivity index (χ0) is 24.0. The summed E-state index contributed by atoms with van der Waals surface area (Å²) in [5.41, 5.74) is 1.78. The lowest BCUT2D eigenvalue weighted by molar-refractivity contribution is -0.119. The lowest BCUT2D eigenvalue weighted by atomic mass is 10.1. The summed E-state index contributed by atoms with van der Waals surface area (Å²) in [6.07, 6.45) is 2.19. The van der Waals surface area contributed by atoms with Gasteiger partial charge in [0, 0.05) is 18.2 Å². The summed E-state index contributed by atoms with van der Waals surface area (Å²) in [6, 6.07) is 10.1. The first kappa shape index (κ1) is 23.6. The summed E-state index contributed by atoms with van der Waals surface area (Å²) in [7, 11) is 4.57. The molecule has 0 aromatic heterocycles. The van der Waals surface area contributed by atoms with Gasteiger partial charge in [0.1, 0.15) is 6.10 Å². The first-order chi connectivity index (χ1) is 15.9. The highest BCUT2D eigenvalue weighted by Gasteiger charge is 2.32. The summed E-state index contributed by atoms with van der Waals surface area (Å²) in [6.45, 7) is 1.97. The molecule has 0 radical (unpaired) electrons. The zero-order valence-electron chi connectivity index (χ0n) is 18.9. The Bertz CT molecular complexity index is 1040. The van der Waals surface area contributed by atoms with Crippen molar-refractivity contribution in [2.45, 2.75) is 13.0 Å². The molecule has 1 aliphatic heterocycles. The maximum atomic E-state index is 12.6. The molecule has 9 heteroatoms. The quantitative estimate of drug-likeness (QED) is 0.459. The van der Waals surface area contributed by atoms with E-state index in [1.807, 2.05) is 0 Å². The number of amides is 2. The molecule has 0 bridgehead atoms. The molecular weight excluding hydrogens is 428 g/mol. The van der Waals surface area contributed by atoms with Crippen molar-refractivity contribution in [3.63, 3.8) is 0 Å². The Morgan fingerprint density at radius 1 is 1.09 bits per heavy atom. The molecule has 1 atom stereocenters. The molecule has 9 nitrogen and oxygen atoms in total. The van der Waals surface area contributed by atoms with Crippen LogP contribution in [0.1, 0.15) is 22.8 Å². The van der Waals surface area contributed by atoms with Crippen molar-refractivity contribution in [3.8, 4) is 17.2 Å². The first-order valence-electron chi connectivity index (χ1n) is 10.2. The van der Waals surface area contributed by atoms with Gasteiger partial charge in [0.25, 0.3) is 0 Å². The number of cyclic esters (lactones) is 1. The predicted molar refractivity (Wildman–Crippen MR) is 122 cm³/mol. The molecule has 174 valence electrons. The minimum atomic E-state index is -0.494. The third kappa shape index (κ3) is 5.62. The molecule has 1 N–H and O–H groups in total. The summed E-state index contributed by atoms with van der Waals surface area (Å²) in [5, 5.41) is 2.63. The van der Waals surface area contributed by atoms with Crippen LogP contribution in [0.3, 0.4) is 0 Å². The Morgan fingerprint density at radius 2 is 1.73 bits per heavy atom. The Kier molecular flexibility index (Phi) is 7.55. The van der Waals surface area contributed by atoms with E-state index in [4.69, 9.17) is 18.9 Å². The standard InChI is InChI=1S/C24H26N2O7/c1-15(27)25-13-19-14-26(24(29)33-19)18-8-6-17(7-9-18)20(28)10-5-16-11-21(30-2)23(32-4)22(12-16)31-3/h5-12,19H,13-14H2,1-4H3,(H,25,27)/b10-5+/t19-/m0/s1. The number of nitrogens with one attached hydrogen (secondary N) is 1. The Balaban J connectivity index is 1.69. The zero-order valence-corrected chi connectivity index (χ0v) is 18.9. The number of ketones is 1. The minimum Gasteiger partial charge on any atom is -0.493 e. The first-order valence-corrected chi connectivity index (χ1v) is 10.2.